The van der Waals surface area contributed by atoms with E-state index in [4.69, 9.17) is 44.3 Å². The summed E-state index contributed by atoms with van der Waals surface area (Å²) < 4.78 is 25.6. The number of Topliss-reactive ketones (excluding diaryl/α,β-unsaturated/α-hetero) is 1. The zero-order chi connectivity index (χ0) is 21.4. The number of allylic oxidation sites excluding steroid dienone is 1. The van der Waals surface area contributed by atoms with Gasteiger partial charge < -0.3 is 9.47 Å². The Balaban J connectivity index is 1.60. The lowest BCUT2D eigenvalue weighted by molar-refractivity contribution is 0.101. The number of carbonyl (C=O) groups excluding carboxylic acids is 1. The Kier molecular flexibility index (Phi) is 5.74. The van der Waals surface area contributed by atoms with Gasteiger partial charge in [-0.2, -0.15) is 0 Å². The highest BCUT2D eigenvalue weighted by Crippen LogP contribution is 2.38. The molecule has 30 heavy (non-hydrogen) atoms. The molecule has 4 rings (SSSR count). The number of carbonyl (C=O) groups is 1. The van der Waals surface area contributed by atoms with Crippen molar-refractivity contribution in [1.82, 2.24) is 0 Å². The van der Waals surface area contributed by atoms with Crippen molar-refractivity contribution < 1.29 is 18.7 Å². The van der Waals surface area contributed by atoms with Crippen molar-refractivity contribution in [2.24, 2.45) is 0 Å². The third-order valence-corrected chi connectivity index (χ3v) is 5.54. The lowest BCUT2D eigenvalue weighted by Crippen LogP contribution is -2.01. The van der Waals surface area contributed by atoms with Gasteiger partial charge >= 0.3 is 0 Å². The molecule has 0 spiro atoms. The van der Waals surface area contributed by atoms with E-state index in [9.17, 15) is 9.18 Å². The fourth-order valence-electron chi connectivity index (χ4n) is 3.14. The van der Waals surface area contributed by atoms with Gasteiger partial charge in [0.25, 0.3) is 0 Å². The molecule has 0 saturated heterocycles. The number of rotatable bonds is 4. The van der Waals surface area contributed by atoms with Crippen molar-refractivity contribution in [3.8, 4) is 11.5 Å². The van der Waals surface area contributed by atoms with Gasteiger partial charge in [-0.05, 0) is 48.9 Å². The molecule has 0 saturated carbocycles. The van der Waals surface area contributed by atoms with Gasteiger partial charge in [-0.15, -0.1) is 0 Å². The molecule has 0 amide bonds. The largest absolute Gasteiger partial charge is 0.489 e. The van der Waals surface area contributed by atoms with Crippen LogP contribution >= 0.6 is 34.8 Å². The molecule has 0 unspecified atom stereocenters. The smallest absolute Gasteiger partial charge is 0.232 e. The zero-order valence-corrected chi connectivity index (χ0v) is 17.9. The number of hydrogen-bond donors (Lipinski definition) is 0. The Morgan fingerprint density at radius 3 is 2.60 bits per heavy atom. The fourth-order valence-corrected chi connectivity index (χ4v) is 3.82. The first-order chi connectivity index (χ1) is 14.3. The number of benzene rings is 3. The van der Waals surface area contributed by atoms with Crippen molar-refractivity contribution in [3.63, 3.8) is 0 Å². The summed E-state index contributed by atoms with van der Waals surface area (Å²) in [6.45, 7) is 2.00. The molecule has 3 nitrogen and oxygen atoms in total. The normalized spacial score (nSPS) is 14.0. The second kappa shape index (κ2) is 8.31. The standard InChI is InChI=1S/C23H14Cl3FO3/c1-12-7-15(29-11-13-5-6-14(24)8-18(13)26)9-20-22(12)23(28)21(30-20)10-16-17(25)3-2-4-19(16)27/h2-10H,11H2,1H3/b21-10-. The van der Waals surface area contributed by atoms with Crippen LogP contribution in [0.4, 0.5) is 4.39 Å². The van der Waals surface area contributed by atoms with Crippen LogP contribution in [0.5, 0.6) is 11.5 Å². The summed E-state index contributed by atoms with van der Waals surface area (Å²) in [4.78, 5) is 12.8. The van der Waals surface area contributed by atoms with Crippen LogP contribution in [0.25, 0.3) is 6.08 Å². The van der Waals surface area contributed by atoms with E-state index in [1.807, 2.05) is 0 Å². The lowest BCUT2D eigenvalue weighted by Gasteiger charge is -2.10. The maximum atomic E-state index is 14.1. The Labute approximate surface area is 187 Å². The summed E-state index contributed by atoms with van der Waals surface area (Å²) in [5.74, 6) is -0.0267. The third kappa shape index (κ3) is 4.04. The molecule has 1 heterocycles. The molecule has 0 bridgehead atoms. The molecule has 0 radical (unpaired) electrons. The maximum Gasteiger partial charge on any atom is 0.232 e. The quantitative estimate of drug-likeness (QED) is 0.381. The number of halogens is 4. The number of fused-ring (bicyclic) bond motifs is 1. The first kappa shape index (κ1) is 20.7. The van der Waals surface area contributed by atoms with Crippen LogP contribution in [0.3, 0.4) is 0 Å². The van der Waals surface area contributed by atoms with Crippen LogP contribution in [-0.4, -0.2) is 5.78 Å². The van der Waals surface area contributed by atoms with Gasteiger partial charge in [-0.1, -0.05) is 46.9 Å². The van der Waals surface area contributed by atoms with Gasteiger partial charge in [0.05, 0.1) is 10.6 Å². The molecule has 1 aliphatic rings. The molecule has 152 valence electrons. The van der Waals surface area contributed by atoms with Gasteiger partial charge in [0.1, 0.15) is 23.9 Å². The first-order valence-electron chi connectivity index (χ1n) is 8.93. The molecule has 0 N–H and O–H groups in total. The Morgan fingerprint density at radius 1 is 1.07 bits per heavy atom. The minimum atomic E-state index is -0.539. The molecule has 1 aliphatic heterocycles. The van der Waals surface area contributed by atoms with Crippen molar-refractivity contribution >= 4 is 46.7 Å². The number of hydrogen-bond acceptors (Lipinski definition) is 3. The fraction of sp³-hybridized carbons (Fsp3) is 0.0870. The van der Waals surface area contributed by atoms with Crippen molar-refractivity contribution in [2.45, 2.75) is 13.5 Å². The van der Waals surface area contributed by atoms with Gasteiger partial charge in [0.15, 0.2) is 5.76 Å². The SMILES string of the molecule is Cc1cc(OCc2ccc(Cl)cc2Cl)cc2c1C(=O)/C(=C/c1c(F)cccc1Cl)O2. The van der Waals surface area contributed by atoms with Crippen molar-refractivity contribution in [1.29, 1.82) is 0 Å². The van der Waals surface area contributed by atoms with E-state index in [0.717, 1.165) is 5.56 Å². The van der Waals surface area contributed by atoms with Crippen LogP contribution in [-0.2, 0) is 6.61 Å². The second-order valence-corrected chi connectivity index (χ2v) is 7.96. The maximum absolute atomic E-state index is 14.1. The van der Waals surface area contributed by atoms with Crippen LogP contribution in [0.15, 0.2) is 54.3 Å². The summed E-state index contributed by atoms with van der Waals surface area (Å²) in [6, 6.07) is 12.8. The van der Waals surface area contributed by atoms with Crippen molar-refractivity contribution in [3.05, 3.63) is 97.4 Å². The predicted octanol–water partition coefficient (Wildman–Crippen LogP) is 7.29. The Morgan fingerprint density at radius 2 is 1.87 bits per heavy atom. The predicted molar refractivity (Wildman–Crippen MR) is 116 cm³/mol. The summed E-state index contributed by atoms with van der Waals surface area (Å²) in [6.07, 6.45) is 1.31. The van der Waals surface area contributed by atoms with E-state index in [1.165, 1.54) is 18.2 Å². The number of ether oxygens (including phenoxy) is 2. The minimum absolute atomic E-state index is 0.00186. The summed E-state index contributed by atoms with van der Waals surface area (Å²) in [5, 5.41) is 1.23. The van der Waals surface area contributed by atoms with Gasteiger partial charge in [-0.3, -0.25) is 4.79 Å². The number of aryl methyl sites for hydroxylation is 1. The first-order valence-corrected chi connectivity index (χ1v) is 10.1. The van der Waals surface area contributed by atoms with Crippen LogP contribution < -0.4 is 9.47 Å². The molecule has 0 aliphatic carbocycles. The molecule has 3 aromatic carbocycles. The highest BCUT2D eigenvalue weighted by molar-refractivity contribution is 6.35. The average molecular weight is 464 g/mol. The molecule has 0 aromatic heterocycles. The molecule has 3 aromatic rings. The van der Waals surface area contributed by atoms with Gasteiger partial charge in [-0.25, -0.2) is 4.39 Å². The van der Waals surface area contributed by atoms with E-state index in [-0.39, 0.29) is 28.7 Å². The van der Waals surface area contributed by atoms with Gasteiger partial charge in [0, 0.05) is 27.2 Å². The molecular formula is C23H14Cl3FO3. The highest BCUT2D eigenvalue weighted by Gasteiger charge is 2.30. The summed E-state index contributed by atoms with van der Waals surface area (Å²) in [5.41, 5.74) is 1.95. The second-order valence-electron chi connectivity index (χ2n) is 6.71. The lowest BCUT2D eigenvalue weighted by atomic mass is 10.0. The van der Waals surface area contributed by atoms with Gasteiger partial charge in [0.2, 0.25) is 5.78 Å². The topological polar surface area (TPSA) is 35.5 Å². The number of ketones is 1. The molecule has 0 fully saturated rings. The van der Waals surface area contributed by atoms with Crippen LogP contribution in [0, 0.1) is 12.7 Å². The minimum Gasteiger partial charge on any atom is -0.489 e. The Hall–Kier alpha value is -2.53. The molecule has 0 atom stereocenters. The van der Waals surface area contributed by atoms with Crippen molar-refractivity contribution in [2.75, 3.05) is 0 Å². The summed E-state index contributed by atoms with van der Waals surface area (Å²) >= 11 is 18.1. The molecular weight excluding hydrogens is 450 g/mol. The summed E-state index contributed by atoms with van der Waals surface area (Å²) in [7, 11) is 0. The average Bonchev–Trinajstić information content (AvgIpc) is 3.00. The van der Waals surface area contributed by atoms with Crippen LogP contribution in [0.1, 0.15) is 27.0 Å². The monoisotopic (exact) mass is 462 g/mol. The van der Waals surface area contributed by atoms with E-state index in [2.05, 4.69) is 0 Å². The van der Waals surface area contributed by atoms with E-state index in [1.54, 1.807) is 43.3 Å². The van der Waals surface area contributed by atoms with E-state index in [0.29, 0.717) is 32.7 Å². The van der Waals surface area contributed by atoms with E-state index < -0.39 is 5.82 Å². The van der Waals surface area contributed by atoms with Crippen LogP contribution in [0.2, 0.25) is 15.1 Å². The zero-order valence-electron chi connectivity index (χ0n) is 15.6. The highest BCUT2D eigenvalue weighted by atomic mass is 35.5. The third-order valence-electron chi connectivity index (χ3n) is 4.63. The van der Waals surface area contributed by atoms with E-state index >= 15 is 0 Å². The Bertz CT molecular complexity index is 1180. The molecule has 7 heteroatoms.